The highest BCUT2D eigenvalue weighted by atomic mass is 32.2. The lowest BCUT2D eigenvalue weighted by Crippen LogP contribution is -2.28. The van der Waals surface area contributed by atoms with Crippen LogP contribution in [0.1, 0.15) is 18.4 Å². The van der Waals surface area contributed by atoms with E-state index in [1.165, 1.54) is 4.31 Å². The molecule has 1 aromatic heterocycles. The minimum absolute atomic E-state index is 0.177. The van der Waals surface area contributed by atoms with Crippen LogP contribution >= 0.6 is 0 Å². The van der Waals surface area contributed by atoms with Crippen molar-refractivity contribution in [1.29, 1.82) is 0 Å². The summed E-state index contributed by atoms with van der Waals surface area (Å²) in [5, 5.41) is 10.1. The van der Waals surface area contributed by atoms with Crippen LogP contribution in [0.15, 0.2) is 68.4 Å². The number of hydrogen-bond donors (Lipinski definition) is 2. The van der Waals surface area contributed by atoms with Gasteiger partial charge in [0, 0.05) is 13.1 Å². The number of nitrogens with one attached hydrogen (secondary N) is 1. The van der Waals surface area contributed by atoms with Crippen LogP contribution in [0, 0.1) is 0 Å². The molecule has 0 aliphatic carbocycles. The van der Waals surface area contributed by atoms with E-state index in [0.29, 0.717) is 30.7 Å². The highest BCUT2D eigenvalue weighted by molar-refractivity contribution is 7.89. The number of rotatable bonds is 5. The number of hydrogen-bond acceptors (Lipinski definition) is 6. The van der Waals surface area contributed by atoms with Crippen molar-refractivity contribution in [3.63, 3.8) is 0 Å². The van der Waals surface area contributed by atoms with E-state index in [2.05, 4.69) is 15.3 Å². The number of para-hydroxylation sites is 1. The number of H-pyrrole nitrogens is 1. The number of sulfonamides is 1. The maximum atomic E-state index is 13.3. The quantitative estimate of drug-likeness (QED) is 0.536. The molecular weight excluding hydrogens is 461 g/mol. The molecule has 2 heterocycles. The SMILES string of the molecule is Nc1[nH]n(-c2ccccc2)c(=O)c1N=Nc1cc(C(F)(F)F)ccc1S(=O)(=O)N1CCCC1. The summed E-state index contributed by atoms with van der Waals surface area (Å²) in [4.78, 5) is 12.3. The summed E-state index contributed by atoms with van der Waals surface area (Å²) in [6, 6.07) is 10.5. The molecule has 0 amide bonds. The molecule has 0 bridgehead atoms. The molecule has 1 fully saturated rings. The van der Waals surface area contributed by atoms with Crippen molar-refractivity contribution < 1.29 is 21.6 Å². The van der Waals surface area contributed by atoms with Crippen LogP contribution in [0.5, 0.6) is 0 Å². The van der Waals surface area contributed by atoms with Gasteiger partial charge in [-0.2, -0.15) is 17.5 Å². The topological polar surface area (TPSA) is 126 Å². The van der Waals surface area contributed by atoms with Crippen LogP contribution in [-0.4, -0.2) is 35.6 Å². The predicted octanol–water partition coefficient (Wildman–Crippen LogP) is 3.97. The van der Waals surface area contributed by atoms with Crippen LogP contribution < -0.4 is 11.3 Å². The van der Waals surface area contributed by atoms with E-state index in [0.717, 1.165) is 10.7 Å². The number of nitrogens with zero attached hydrogens (tertiary/aromatic N) is 4. The Balaban J connectivity index is 1.80. The van der Waals surface area contributed by atoms with Gasteiger partial charge in [0.05, 0.1) is 11.3 Å². The van der Waals surface area contributed by atoms with Gasteiger partial charge in [-0.15, -0.1) is 10.2 Å². The number of aromatic nitrogens is 2. The van der Waals surface area contributed by atoms with Crippen LogP contribution in [0.4, 0.5) is 30.4 Å². The third-order valence-corrected chi connectivity index (χ3v) is 7.08. The Morgan fingerprint density at radius 1 is 1.00 bits per heavy atom. The number of azo groups is 1. The van der Waals surface area contributed by atoms with Crippen molar-refractivity contribution in [2.45, 2.75) is 23.9 Å². The molecule has 1 aliphatic rings. The second-order valence-electron chi connectivity index (χ2n) is 7.34. The van der Waals surface area contributed by atoms with Crippen molar-refractivity contribution in [3.8, 4) is 5.69 Å². The van der Waals surface area contributed by atoms with E-state index in [9.17, 15) is 26.4 Å². The van der Waals surface area contributed by atoms with Crippen LogP contribution in [0.2, 0.25) is 0 Å². The number of nitrogen functional groups attached to an aromatic ring is 1. The van der Waals surface area contributed by atoms with Crippen molar-refractivity contribution >= 4 is 27.2 Å². The number of benzene rings is 2. The molecule has 3 N–H and O–H groups in total. The van der Waals surface area contributed by atoms with E-state index in [1.54, 1.807) is 30.3 Å². The first-order valence-electron chi connectivity index (χ1n) is 9.88. The minimum Gasteiger partial charge on any atom is -0.382 e. The molecule has 9 nitrogen and oxygen atoms in total. The third-order valence-electron chi connectivity index (χ3n) is 5.13. The van der Waals surface area contributed by atoms with Gasteiger partial charge in [-0.3, -0.25) is 9.89 Å². The molecule has 0 spiro atoms. The Morgan fingerprint density at radius 3 is 2.30 bits per heavy atom. The summed E-state index contributed by atoms with van der Waals surface area (Å²) in [5.74, 6) is -0.177. The van der Waals surface area contributed by atoms with Gasteiger partial charge in [0.1, 0.15) is 16.4 Å². The third kappa shape index (κ3) is 4.41. The van der Waals surface area contributed by atoms with E-state index in [1.807, 2.05) is 0 Å². The standard InChI is InChI=1S/C20H19F3N6O3S/c21-20(22,23)13-8-9-16(33(31,32)28-10-4-5-11-28)15(12-13)25-26-17-18(24)27-29(19(17)30)14-6-2-1-3-7-14/h1-3,6-9,12,27H,4-5,10-11,24H2. The average molecular weight is 480 g/mol. The largest absolute Gasteiger partial charge is 0.416 e. The van der Waals surface area contributed by atoms with E-state index in [-0.39, 0.29) is 24.6 Å². The lowest BCUT2D eigenvalue weighted by Gasteiger charge is -2.17. The number of aromatic amines is 1. The maximum absolute atomic E-state index is 13.3. The normalized spacial score (nSPS) is 15.5. The molecule has 4 rings (SSSR count). The van der Waals surface area contributed by atoms with Crippen molar-refractivity contribution in [3.05, 3.63) is 64.4 Å². The first-order chi connectivity index (χ1) is 15.6. The second kappa shape index (κ2) is 8.48. The highest BCUT2D eigenvalue weighted by Crippen LogP contribution is 2.37. The summed E-state index contributed by atoms with van der Waals surface area (Å²) in [6.45, 7) is 0.513. The zero-order chi connectivity index (χ0) is 23.8. The Labute approximate surface area is 186 Å². The Bertz CT molecular complexity index is 1360. The zero-order valence-electron chi connectivity index (χ0n) is 17.1. The first kappa shape index (κ1) is 22.7. The smallest absolute Gasteiger partial charge is 0.382 e. The molecule has 33 heavy (non-hydrogen) atoms. The second-order valence-corrected chi connectivity index (χ2v) is 9.25. The maximum Gasteiger partial charge on any atom is 0.416 e. The fourth-order valence-electron chi connectivity index (χ4n) is 3.46. The predicted molar refractivity (Wildman–Crippen MR) is 114 cm³/mol. The Hall–Kier alpha value is -3.45. The molecule has 3 aromatic rings. The van der Waals surface area contributed by atoms with Gasteiger partial charge in [-0.25, -0.2) is 13.1 Å². The van der Waals surface area contributed by atoms with Gasteiger partial charge >= 0.3 is 11.7 Å². The Morgan fingerprint density at radius 2 is 1.67 bits per heavy atom. The van der Waals surface area contributed by atoms with Gasteiger partial charge < -0.3 is 5.73 Å². The molecule has 0 atom stereocenters. The van der Waals surface area contributed by atoms with Gasteiger partial charge in [-0.05, 0) is 43.2 Å². The number of alkyl halides is 3. The van der Waals surface area contributed by atoms with Gasteiger partial charge in [0.25, 0.3) is 0 Å². The fraction of sp³-hybridized carbons (Fsp3) is 0.250. The van der Waals surface area contributed by atoms with E-state index >= 15 is 0 Å². The Kier molecular flexibility index (Phi) is 5.84. The monoisotopic (exact) mass is 480 g/mol. The number of anilines is 1. The van der Waals surface area contributed by atoms with Crippen LogP contribution in [-0.2, 0) is 16.2 Å². The zero-order valence-corrected chi connectivity index (χ0v) is 17.9. The number of nitrogens with two attached hydrogens (primary N) is 1. The lowest BCUT2D eigenvalue weighted by atomic mass is 10.2. The first-order valence-corrected chi connectivity index (χ1v) is 11.3. The number of halogens is 3. The van der Waals surface area contributed by atoms with E-state index in [4.69, 9.17) is 5.73 Å². The average Bonchev–Trinajstić information content (AvgIpc) is 3.41. The van der Waals surface area contributed by atoms with Gasteiger partial charge in [0.15, 0.2) is 5.69 Å². The van der Waals surface area contributed by atoms with Crippen molar-refractivity contribution in [2.24, 2.45) is 10.2 Å². The van der Waals surface area contributed by atoms with Crippen LogP contribution in [0.25, 0.3) is 5.69 Å². The van der Waals surface area contributed by atoms with Crippen LogP contribution in [0.3, 0.4) is 0 Å². The molecule has 1 saturated heterocycles. The summed E-state index contributed by atoms with van der Waals surface area (Å²) in [7, 11) is -4.10. The molecule has 13 heteroatoms. The van der Waals surface area contributed by atoms with Gasteiger partial charge in [0.2, 0.25) is 10.0 Å². The summed E-state index contributed by atoms with van der Waals surface area (Å²) in [6.07, 6.45) is -3.43. The summed E-state index contributed by atoms with van der Waals surface area (Å²) >= 11 is 0. The highest BCUT2D eigenvalue weighted by Gasteiger charge is 2.34. The molecule has 2 aromatic carbocycles. The van der Waals surface area contributed by atoms with Gasteiger partial charge in [-0.1, -0.05) is 18.2 Å². The van der Waals surface area contributed by atoms with E-state index < -0.39 is 37.9 Å². The molecule has 1 aliphatic heterocycles. The molecule has 0 unspecified atom stereocenters. The molecule has 174 valence electrons. The summed E-state index contributed by atoms with van der Waals surface area (Å²) in [5.41, 5.74) is 3.59. The molecular formula is C20H19F3N6O3S. The molecule has 0 radical (unpaired) electrons. The fourth-order valence-corrected chi connectivity index (χ4v) is 5.08. The molecule has 0 saturated carbocycles. The minimum atomic E-state index is -4.73. The van der Waals surface area contributed by atoms with Crippen molar-refractivity contribution in [1.82, 2.24) is 14.1 Å². The lowest BCUT2D eigenvalue weighted by molar-refractivity contribution is -0.137. The van der Waals surface area contributed by atoms with Crippen molar-refractivity contribution in [2.75, 3.05) is 18.8 Å². The summed E-state index contributed by atoms with van der Waals surface area (Å²) < 4.78 is 68.1.